The predicted octanol–water partition coefficient (Wildman–Crippen LogP) is 2.98. The molecule has 1 heterocycles. The third kappa shape index (κ3) is 3.98. The summed E-state index contributed by atoms with van der Waals surface area (Å²) in [5.74, 6) is -0.0751. The summed E-state index contributed by atoms with van der Waals surface area (Å²) in [6.45, 7) is 1.65. The Hall–Kier alpha value is -2.03. The van der Waals surface area contributed by atoms with Gasteiger partial charge in [0.25, 0.3) is 5.91 Å². The van der Waals surface area contributed by atoms with E-state index in [1.165, 1.54) is 24.3 Å². The number of carbonyl (C=O) groups is 1. The van der Waals surface area contributed by atoms with Crippen LogP contribution in [0.15, 0.2) is 29.2 Å². The Morgan fingerprint density at radius 3 is 2.45 bits per heavy atom. The molecule has 2 rings (SSSR count). The molecule has 0 fully saturated rings. The zero-order valence-electron chi connectivity index (χ0n) is 10.2. The van der Waals surface area contributed by atoms with Crippen LogP contribution in [-0.2, 0) is 0 Å². The lowest BCUT2D eigenvalue weighted by Gasteiger charge is -2.06. The second-order valence-electron chi connectivity index (χ2n) is 3.77. The summed E-state index contributed by atoms with van der Waals surface area (Å²) >= 11 is -0.214. The maximum atomic E-state index is 12.1. The molecule has 0 saturated carbocycles. The van der Waals surface area contributed by atoms with Crippen LogP contribution in [0.5, 0.6) is 0 Å². The number of carbonyl (C=O) groups excluding carboxylic acids is 1. The Bertz CT molecular complexity index is 609. The van der Waals surface area contributed by atoms with E-state index in [9.17, 15) is 18.0 Å². The molecule has 1 aromatic heterocycles. The van der Waals surface area contributed by atoms with Crippen LogP contribution in [0.2, 0.25) is 0 Å². The summed E-state index contributed by atoms with van der Waals surface area (Å²) in [4.78, 5) is 15.6. The number of nitrogens with one attached hydrogen (secondary N) is 2. The summed E-state index contributed by atoms with van der Waals surface area (Å²) in [5.41, 5.74) is -3.97. The van der Waals surface area contributed by atoms with E-state index in [0.717, 1.165) is 0 Å². The van der Waals surface area contributed by atoms with Gasteiger partial charge < -0.3 is 5.32 Å². The zero-order chi connectivity index (χ0) is 14.8. The molecule has 2 aromatic rings. The molecule has 20 heavy (non-hydrogen) atoms. The first-order valence-electron chi connectivity index (χ1n) is 5.40. The number of H-pyrrole nitrogens is 1. The number of rotatable bonds is 3. The van der Waals surface area contributed by atoms with Crippen molar-refractivity contribution in [1.82, 2.24) is 15.2 Å². The average Bonchev–Trinajstić information content (AvgIpc) is 2.77. The number of hydrogen-bond donors (Lipinski definition) is 2. The molecular formula is C11H9F3N4OS. The highest BCUT2D eigenvalue weighted by Crippen LogP contribution is 2.37. The third-order valence-corrected chi connectivity index (χ3v) is 2.89. The molecule has 0 bridgehead atoms. The largest absolute Gasteiger partial charge is 0.446 e. The molecule has 0 saturated heterocycles. The molecule has 0 atom stereocenters. The van der Waals surface area contributed by atoms with Crippen LogP contribution in [-0.4, -0.2) is 26.6 Å². The van der Waals surface area contributed by atoms with Crippen LogP contribution in [0.4, 0.5) is 18.9 Å². The van der Waals surface area contributed by atoms with Crippen molar-refractivity contribution in [3.63, 3.8) is 0 Å². The lowest BCUT2D eigenvalue weighted by molar-refractivity contribution is -0.0328. The van der Waals surface area contributed by atoms with Gasteiger partial charge in [-0.25, -0.2) is 4.98 Å². The SMILES string of the molecule is Cc1nc(C(=O)Nc2ccc(SC(F)(F)F)cc2)n[nH]1. The van der Waals surface area contributed by atoms with Crippen molar-refractivity contribution in [2.45, 2.75) is 17.3 Å². The van der Waals surface area contributed by atoms with Crippen molar-refractivity contribution in [3.05, 3.63) is 35.9 Å². The number of hydrogen-bond acceptors (Lipinski definition) is 4. The van der Waals surface area contributed by atoms with Gasteiger partial charge in [-0.05, 0) is 43.0 Å². The highest BCUT2D eigenvalue weighted by atomic mass is 32.2. The van der Waals surface area contributed by atoms with Gasteiger partial charge in [-0.1, -0.05) is 0 Å². The van der Waals surface area contributed by atoms with E-state index in [1.54, 1.807) is 6.92 Å². The Morgan fingerprint density at radius 2 is 1.95 bits per heavy atom. The van der Waals surface area contributed by atoms with E-state index in [2.05, 4.69) is 20.5 Å². The molecule has 0 aliphatic carbocycles. The molecule has 0 unspecified atom stereocenters. The molecule has 0 aliphatic rings. The van der Waals surface area contributed by atoms with E-state index < -0.39 is 11.4 Å². The highest BCUT2D eigenvalue weighted by molar-refractivity contribution is 8.00. The number of halogens is 3. The first kappa shape index (κ1) is 14.4. The van der Waals surface area contributed by atoms with Crippen LogP contribution in [0.25, 0.3) is 0 Å². The summed E-state index contributed by atoms with van der Waals surface area (Å²) in [6.07, 6.45) is 0. The van der Waals surface area contributed by atoms with Gasteiger partial charge >= 0.3 is 5.51 Å². The van der Waals surface area contributed by atoms with E-state index in [4.69, 9.17) is 0 Å². The lowest BCUT2D eigenvalue weighted by atomic mass is 10.3. The number of thioether (sulfide) groups is 1. The molecule has 9 heteroatoms. The first-order valence-corrected chi connectivity index (χ1v) is 6.21. The molecule has 1 aromatic carbocycles. The van der Waals surface area contributed by atoms with Crippen LogP contribution in [0, 0.1) is 6.92 Å². The molecule has 0 radical (unpaired) electrons. The highest BCUT2D eigenvalue weighted by Gasteiger charge is 2.29. The van der Waals surface area contributed by atoms with Crippen molar-refractivity contribution < 1.29 is 18.0 Å². The van der Waals surface area contributed by atoms with Gasteiger partial charge in [-0.3, -0.25) is 9.89 Å². The lowest BCUT2D eigenvalue weighted by Crippen LogP contribution is -2.13. The molecule has 0 spiro atoms. The van der Waals surface area contributed by atoms with Crippen LogP contribution >= 0.6 is 11.8 Å². The standard InChI is InChI=1S/C11H9F3N4OS/c1-6-15-9(18-17-6)10(19)16-7-2-4-8(5-3-7)20-11(12,13)14/h2-5H,1H3,(H,16,19)(H,15,17,18). The molecule has 106 valence electrons. The first-order chi connectivity index (χ1) is 9.33. The minimum Gasteiger partial charge on any atom is -0.319 e. The van der Waals surface area contributed by atoms with Gasteiger partial charge in [0.05, 0.1) is 0 Å². The minimum atomic E-state index is -4.33. The number of aromatic amines is 1. The van der Waals surface area contributed by atoms with E-state index >= 15 is 0 Å². The van der Waals surface area contributed by atoms with Crippen molar-refractivity contribution in [1.29, 1.82) is 0 Å². The smallest absolute Gasteiger partial charge is 0.319 e. The van der Waals surface area contributed by atoms with Gasteiger partial charge in [0.1, 0.15) is 5.82 Å². The Balaban J connectivity index is 2.02. The van der Waals surface area contributed by atoms with Gasteiger partial charge in [-0.2, -0.15) is 13.2 Å². The quantitative estimate of drug-likeness (QED) is 0.855. The Morgan fingerprint density at radius 1 is 1.30 bits per heavy atom. The third-order valence-electron chi connectivity index (χ3n) is 2.15. The number of amides is 1. The van der Waals surface area contributed by atoms with E-state index in [1.807, 2.05) is 0 Å². The Labute approximate surface area is 116 Å². The monoisotopic (exact) mass is 302 g/mol. The van der Waals surface area contributed by atoms with E-state index in [0.29, 0.717) is 11.5 Å². The number of benzene rings is 1. The van der Waals surface area contributed by atoms with Crippen molar-refractivity contribution >= 4 is 23.4 Å². The number of aromatic nitrogens is 3. The zero-order valence-corrected chi connectivity index (χ0v) is 11.0. The number of anilines is 1. The van der Waals surface area contributed by atoms with Crippen molar-refractivity contribution in [3.8, 4) is 0 Å². The van der Waals surface area contributed by atoms with E-state index in [-0.39, 0.29) is 22.5 Å². The van der Waals surface area contributed by atoms with Crippen LogP contribution < -0.4 is 5.32 Å². The predicted molar refractivity (Wildman–Crippen MR) is 67.4 cm³/mol. The molecule has 0 aliphatic heterocycles. The fourth-order valence-electron chi connectivity index (χ4n) is 1.37. The number of nitrogens with zero attached hydrogens (tertiary/aromatic N) is 2. The fraction of sp³-hybridized carbons (Fsp3) is 0.182. The average molecular weight is 302 g/mol. The van der Waals surface area contributed by atoms with Crippen molar-refractivity contribution in [2.24, 2.45) is 0 Å². The molecule has 1 amide bonds. The normalized spacial score (nSPS) is 11.4. The maximum absolute atomic E-state index is 12.1. The summed E-state index contributed by atoms with van der Waals surface area (Å²) < 4.78 is 36.4. The fourth-order valence-corrected chi connectivity index (χ4v) is 1.91. The number of aryl methyl sites for hydroxylation is 1. The second-order valence-corrected chi connectivity index (χ2v) is 4.91. The van der Waals surface area contributed by atoms with Gasteiger partial charge in [-0.15, -0.1) is 5.10 Å². The molecule has 2 N–H and O–H groups in total. The van der Waals surface area contributed by atoms with Crippen molar-refractivity contribution in [2.75, 3.05) is 5.32 Å². The number of alkyl halides is 3. The summed E-state index contributed by atoms with van der Waals surface area (Å²) in [7, 11) is 0. The van der Waals surface area contributed by atoms with Crippen LogP contribution in [0.1, 0.15) is 16.4 Å². The van der Waals surface area contributed by atoms with Gasteiger partial charge in [0, 0.05) is 10.6 Å². The summed E-state index contributed by atoms with van der Waals surface area (Å²) in [6, 6.07) is 5.31. The minimum absolute atomic E-state index is 0.0313. The molecular weight excluding hydrogens is 293 g/mol. The molecule has 5 nitrogen and oxygen atoms in total. The summed E-state index contributed by atoms with van der Waals surface area (Å²) in [5, 5.41) is 8.68. The Kier molecular flexibility index (Phi) is 3.98. The topological polar surface area (TPSA) is 70.7 Å². The maximum Gasteiger partial charge on any atom is 0.446 e. The van der Waals surface area contributed by atoms with Crippen LogP contribution in [0.3, 0.4) is 0 Å². The van der Waals surface area contributed by atoms with Gasteiger partial charge in [0.15, 0.2) is 0 Å². The second kappa shape index (κ2) is 5.53. The van der Waals surface area contributed by atoms with Gasteiger partial charge in [0.2, 0.25) is 5.82 Å².